The number of methoxy groups -OCH3 is 1. The maximum Gasteiger partial charge on any atom is 0.237 e. The molecule has 0 saturated carbocycles. The summed E-state index contributed by atoms with van der Waals surface area (Å²) in [5.74, 6) is 0.283. The molecule has 44 heavy (non-hydrogen) atoms. The van der Waals surface area contributed by atoms with E-state index in [1.54, 1.807) is 13.3 Å². The van der Waals surface area contributed by atoms with Crippen LogP contribution in [0.4, 0.5) is 0 Å². The SMILES string of the molecule is COc1nc(-c2cccc(-c3cccc(CC(=O)c4cc(C)c5c(n4)CN(CCO)C5)c3Cl)c2Cl)cnc1CN1CC(O)C1. The maximum absolute atomic E-state index is 13.4. The number of carbonyl (C=O) groups is 1. The lowest BCUT2D eigenvalue weighted by molar-refractivity contribution is -0.00403. The van der Waals surface area contributed by atoms with Crippen LogP contribution in [0.25, 0.3) is 22.4 Å². The van der Waals surface area contributed by atoms with Crippen molar-refractivity contribution in [1.29, 1.82) is 0 Å². The molecule has 0 bridgehead atoms. The Bertz CT molecular complexity index is 1730. The van der Waals surface area contributed by atoms with Gasteiger partial charge in [-0.25, -0.2) is 9.97 Å². The van der Waals surface area contributed by atoms with Crippen molar-refractivity contribution >= 4 is 29.0 Å². The van der Waals surface area contributed by atoms with Crippen LogP contribution >= 0.6 is 23.2 Å². The summed E-state index contributed by atoms with van der Waals surface area (Å²) in [5.41, 5.74) is 7.45. The molecule has 4 aromatic rings. The number of nitrogens with zero attached hydrogens (tertiary/aromatic N) is 5. The van der Waals surface area contributed by atoms with E-state index in [1.807, 2.05) is 49.4 Å². The molecule has 2 aliphatic rings. The standard InChI is InChI=1S/C33H33Cl2N5O4/c1-19-11-26(37-28-17-39(9-10-41)16-25(19)28)30(43)12-20-5-3-6-22(31(20)34)23-7-4-8-24(32(23)35)27-13-36-29(33(38-27)44-2)18-40-14-21(42)15-40/h3-8,11,13,21,41-42H,9-10,12,14-18H2,1-2H3. The summed E-state index contributed by atoms with van der Waals surface area (Å²) >= 11 is 13.9. The predicted octanol–water partition coefficient (Wildman–Crippen LogP) is 4.74. The van der Waals surface area contributed by atoms with E-state index in [0.29, 0.717) is 88.0 Å². The van der Waals surface area contributed by atoms with Crippen molar-refractivity contribution in [1.82, 2.24) is 24.8 Å². The van der Waals surface area contributed by atoms with Crippen molar-refractivity contribution in [3.05, 3.63) is 92.5 Å². The van der Waals surface area contributed by atoms with Crippen LogP contribution in [0.2, 0.25) is 10.0 Å². The van der Waals surface area contributed by atoms with E-state index in [4.69, 9.17) is 27.9 Å². The van der Waals surface area contributed by atoms with Gasteiger partial charge in [0.15, 0.2) is 5.78 Å². The molecule has 6 rings (SSSR count). The summed E-state index contributed by atoms with van der Waals surface area (Å²) in [4.78, 5) is 31.6. The molecule has 2 aromatic heterocycles. The third-order valence-corrected chi connectivity index (χ3v) is 9.05. The van der Waals surface area contributed by atoms with E-state index in [2.05, 4.69) is 24.8 Å². The molecular formula is C33H33Cl2N5O4. The van der Waals surface area contributed by atoms with Crippen molar-refractivity contribution in [2.45, 2.75) is 39.1 Å². The van der Waals surface area contributed by atoms with Gasteiger partial charge < -0.3 is 14.9 Å². The summed E-state index contributed by atoms with van der Waals surface area (Å²) in [5, 5.41) is 19.8. The van der Waals surface area contributed by atoms with E-state index >= 15 is 0 Å². The molecule has 4 heterocycles. The summed E-state index contributed by atoms with van der Waals surface area (Å²) in [6.07, 6.45) is 1.46. The minimum atomic E-state index is -0.303. The fraction of sp³-hybridized carbons (Fsp3) is 0.333. The van der Waals surface area contributed by atoms with E-state index in [0.717, 1.165) is 23.4 Å². The molecule has 2 N–H and O–H groups in total. The first kappa shape index (κ1) is 30.6. The number of Topliss-reactive ketones (excluding diaryl/α,β-unsaturated/α-hetero) is 1. The molecule has 0 amide bonds. The number of rotatable bonds is 10. The number of β-amino-alcohol motifs (C(OH)–C–C–N with tert-alkyl or cyclic N) is 2. The second-order valence-corrected chi connectivity index (χ2v) is 12.0. The fourth-order valence-corrected chi connectivity index (χ4v) is 6.47. The van der Waals surface area contributed by atoms with Gasteiger partial charge in [-0.3, -0.25) is 19.6 Å². The Hall–Kier alpha value is -3.44. The average Bonchev–Trinajstić information content (AvgIpc) is 3.41. The molecule has 0 spiro atoms. The van der Waals surface area contributed by atoms with Gasteiger partial charge in [-0.1, -0.05) is 59.6 Å². The van der Waals surface area contributed by atoms with Crippen LogP contribution in [0.1, 0.15) is 38.6 Å². The minimum Gasteiger partial charge on any atom is -0.480 e. The largest absolute Gasteiger partial charge is 0.480 e. The molecule has 0 unspecified atom stereocenters. The molecule has 2 aromatic carbocycles. The Labute approximate surface area is 266 Å². The first-order valence-electron chi connectivity index (χ1n) is 14.5. The van der Waals surface area contributed by atoms with Gasteiger partial charge in [0.1, 0.15) is 11.4 Å². The molecule has 1 fully saturated rings. The van der Waals surface area contributed by atoms with Crippen molar-refractivity contribution in [2.24, 2.45) is 0 Å². The number of hydrogen-bond donors (Lipinski definition) is 2. The highest BCUT2D eigenvalue weighted by Gasteiger charge is 2.27. The number of likely N-dealkylation sites (tertiary alicyclic amines) is 1. The zero-order valence-electron chi connectivity index (χ0n) is 24.6. The van der Waals surface area contributed by atoms with E-state index in [-0.39, 0.29) is 24.9 Å². The molecule has 9 nitrogen and oxygen atoms in total. The summed E-state index contributed by atoms with van der Waals surface area (Å²) < 4.78 is 5.54. The van der Waals surface area contributed by atoms with Crippen LogP contribution in [-0.2, 0) is 26.1 Å². The second kappa shape index (κ2) is 12.9. The Morgan fingerprint density at radius 2 is 1.75 bits per heavy atom. The third kappa shape index (κ3) is 6.08. The van der Waals surface area contributed by atoms with Gasteiger partial charge in [0.05, 0.1) is 47.5 Å². The van der Waals surface area contributed by atoms with Crippen molar-refractivity contribution in [3.63, 3.8) is 0 Å². The highest BCUT2D eigenvalue weighted by atomic mass is 35.5. The van der Waals surface area contributed by atoms with Gasteiger partial charge >= 0.3 is 0 Å². The highest BCUT2D eigenvalue weighted by molar-refractivity contribution is 6.38. The molecule has 1 saturated heterocycles. The van der Waals surface area contributed by atoms with Gasteiger partial charge in [0.25, 0.3) is 0 Å². The molecule has 228 valence electrons. The normalized spacial score (nSPS) is 15.3. The summed E-state index contributed by atoms with van der Waals surface area (Å²) in [6, 6.07) is 13.1. The van der Waals surface area contributed by atoms with Crippen molar-refractivity contribution < 1.29 is 19.7 Å². The number of aliphatic hydroxyl groups is 2. The average molecular weight is 635 g/mol. The van der Waals surface area contributed by atoms with Gasteiger partial charge in [-0.05, 0) is 29.7 Å². The molecule has 0 aliphatic carbocycles. The van der Waals surface area contributed by atoms with Crippen LogP contribution in [-0.4, -0.2) is 80.2 Å². The Balaban J connectivity index is 1.25. The number of benzene rings is 2. The van der Waals surface area contributed by atoms with Crippen LogP contribution in [0.3, 0.4) is 0 Å². The number of fused-ring (bicyclic) bond motifs is 1. The Morgan fingerprint density at radius 1 is 1.02 bits per heavy atom. The molecule has 11 heteroatoms. The first-order valence-corrected chi connectivity index (χ1v) is 15.2. The van der Waals surface area contributed by atoms with Crippen LogP contribution in [0, 0.1) is 6.92 Å². The number of aliphatic hydroxyl groups excluding tert-OH is 2. The quantitative estimate of drug-likeness (QED) is 0.239. The maximum atomic E-state index is 13.4. The number of aryl methyl sites for hydroxylation is 1. The Kier molecular flexibility index (Phi) is 8.96. The Morgan fingerprint density at radius 3 is 2.48 bits per heavy atom. The number of carbonyl (C=O) groups excluding carboxylic acids is 1. The fourth-order valence-electron chi connectivity index (χ4n) is 5.85. The monoisotopic (exact) mass is 633 g/mol. The first-order chi connectivity index (χ1) is 21.2. The van der Waals surface area contributed by atoms with E-state index in [1.165, 1.54) is 0 Å². The van der Waals surface area contributed by atoms with Gasteiger partial charge in [0, 0.05) is 62.4 Å². The van der Waals surface area contributed by atoms with Crippen LogP contribution < -0.4 is 4.74 Å². The number of hydrogen-bond acceptors (Lipinski definition) is 9. The zero-order valence-corrected chi connectivity index (χ0v) is 26.1. The lowest BCUT2D eigenvalue weighted by atomic mass is 9.97. The number of halogens is 2. The van der Waals surface area contributed by atoms with E-state index in [9.17, 15) is 15.0 Å². The van der Waals surface area contributed by atoms with E-state index < -0.39 is 0 Å². The molecule has 0 atom stereocenters. The smallest absolute Gasteiger partial charge is 0.237 e. The number of aromatic nitrogens is 3. The molecule has 0 radical (unpaired) electrons. The number of ether oxygens (including phenoxy) is 1. The minimum absolute atomic E-state index is 0.0831. The second-order valence-electron chi connectivity index (χ2n) is 11.3. The number of ketones is 1. The van der Waals surface area contributed by atoms with Gasteiger partial charge in [0.2, 0.25) is 5.88 Å². The van der Waals surface area contributed by atoms with Crippen molar-refractivity contribution in [3.8, 4) is 28.3 Å². The lowest BCUT2D eigenvalue weighted by Gasteiger charge is -2.35. The summed E-state index contributed by atoms with van der Waals surface area (Å²) in [7, 11) is 1.55. The highest BCUT2D eigenvalue weighted by Crippen LogP contribution is 2.40. The topological polar surface area (TPSA) is 112 Å². The summed E-state index contributed by atoms with van der Waals surface area (Å²) in [6.45, 7) is 5.71. The van der Waals surface area contributed by atoms with Gasteiger partial charge in [-0.2, -0.15) is 0 Å². The van der Waals surface area contributed by atoms with Crippen molar-refractivity contribution in [2.75, 3.05) is 33.4 Å². The predicted molar refractivity (Wildman–Crippen MR) is 169 cm³/mol. The molecular weight excluding hydrogens is 601 g/mol. The zero-order chi connectivity index (χ0) is 31.0. The van der Waals surface area contributed by atoms with Crippen LogP contribution in [0.15, 0.2) is 48.7 Å². The number of pyridine rings is 1. The van der Waals surface area contributed by atoms with Gasteiger partial charge in [-0.15, -0.1) is 0 Å². The molecule has 2 aliphatic heterocycles. The third-order valence-electron chi connectivity index (χ3n) is 8.20. The lowest BCUT2D eigenvalue weighted by Crippen LogP contribution is -2.50. The van der Waals surface area contributed by atoms with Crippen LogP contribution in [0.5, 0.6) is 5.88 Å².